The lowest BCUT2D eigenvalue weighted by Gasteiger charge is -2.27. The van der Waals surface area contributed by atoms with E-state index in [-0.39, 0.29) is 0 Å². The summed E-state index contributed by atoms with van der Waals surface area (Å²) < 4.78 is 12.7. The van der Waals surface area contributed by atoms with Gasteiger partial charge in [0.2, 0.25) is 0 Å². The maximum absolute atomic E-state index is 6.40. The van der Waals surface area contributed by atoms with Gasteiger partial charge in [-0.1, -0.05) is 97.1 Å². The third-order valence-electron chi connectivity index (χ3n) is 9.64. The van der Waals surface area contributed by atoms with Crippen LogP contribution in [-0.4, -0.2) is 4.98 Å². The Hall–Kier alpha value is -6.59. The van der Waals surface area contributed by atoms with E-state index in [4.69, 9.17) is 8.83 Å². The van der Waals surface area contributed by atoms with Crippen LogP contribution in [0.15, 0.2) is 161 Å². The van der Waals surface area contributed by atoms with E-state index < -0.39 is 0 Å². The molecule has 6 aromatic carbocycles. The fourth-order valence-corrected chi connectivity index (χ4v) is 7.31. The van der Waals surface area contributed by atoms with Gasteiger partial charge in [0.15, 0.2) is 5.58 Å². The van der Waals surface area contributed by atoms with Crippen molar-refractivity contribution in [3.63, 3.8) is 0 Å². The minimum atomic E-state index is 0.697. The molecule has 1 aliphatic rings. The summed E-state index contributed by atoms with van der Waals surface area (Å²) in [6, 6.07) is 47.4. The fourth-order valence-electron chi connectivity index (χ4n) is 7.31. The standard InChI is InChI=1S/C44H29N3O2/c1-2-8-33-28(6-1)7-3-13-40(33)47(31-18-14-29(15-19-31)34-9-4-11-38-36-22-24-45-26-41(36)48-43(34)38)32-20-16-30(17-21-32)35-10-5-12-39-37-23-25-46-27-42(37)49-44(35)39/h1-26,46H,27H2. The van der Waals surface area contributed by atoms with Crippen molar-refractivity contribution in [1.29, 1.82) is 0 Å². The van der Waals surface area contributed by atoms with E-state index in [2.05, 4.69) is 149 Å². The molecule has 5 nitrogen and oxygen atoms in total. The summed E-state index contributed by atoms with van der Waals surface area (Å²) in [5, 5.41) is 8.95. The van der Waals surface area contributed by atoms with Crippen molar-refractivity contribution >= 4 is 66.8 Å². The molecule has 0 saturated carbocycles. The van der Waals surface area contributed by atoms with Gasteiger partial charge in [-0.2, -0.15) is 0 Å². The van der Waals surface area contributed by atoms with Gasteiger partial charge < -0.3 is 19.1 Å². The molecule has 5 heteroatoms. The van der Waals surface area contributed by atoms with Crippen LogP contribution in [0.5, 0.6) is 0 Å². The van der Waals surface area contributed by atoms with Crippen LogP contribution in [0.4, 0.5) is 17.1 Å². The summed E-state index contributed by atoms with van der Waals surface area (Å²) >= 11 is 0. The monoisotopic (exact) mass is 631 g/mol. The van der Waals surface area contributed by atoms with E-state index in [0.29, 0.717) is 6.54 Å². The smallest absolute Gasteiger partial charge is 0.153 e. The van der Waals surface area contributed by atoms with E-state index in [9.17, 15) is 0 Å². The number of para-hydroxylation sites is 2. The zero-order valence-electron chi connectivity index (χ0n) is 26.4. The second-order valence-corrected chi connectivity index (χ2v) is 12.4. The molecule has 0 radical (unpaired) electrons. The summed E-state index contributed by atoms with van der Waals surface area (Å²) in [6.07, 6.45) is 7.68. The quantitative estimate of drug-likeness (QED) is 0.205. The minimum absolute atomic E-state index is 0.697. The molecule has 3 aromatic heterocycles. The highest BCUT2D eigenvalue weighted by Crippen LogP contribution is 2.42. The molecular formula is C44H29N3O2. The van der Waals surface area contributed by atoms with E-state index in [1.165, 1.54) is 10.8 Å². The average Bonchev–Trinajstić information content (AvgIpc) is 3.75. The first-order valence-electron chi connectivity index (χ1n) is 16.5. The number of hydrogen-bond donors (Lipinski definition) is 1. The largest absolute Gasteiger partial charge is 0.458 e. The Morgan fingerprint density at radius 2 is 1.22 bits per heavy atom. The Bertz CT molecular complexity index is 2710. The molecule has 232 valence electrons. The highest BCUT2D eigenvalue weighted by Gasteiger charge is 2.20. The van der Waals surface area contributed by atoms with Crippen molar-refractivity contribution in [2.45, 2.75) is 6.54 Å². The zero-order valence-corrected chi connectivity index (χ0v) is 26.4. The molecular weight excluding hydrogens is 603 g/mol. The van der Waals surface area contributed by atoms with Gasteiger partial charge in [-0.05, 0) is 65.2 Å². The number of nitrogens with zero attached hydrogens (tertiary/aromatic N) is 2. The summed E-state index contributed by atoms with van der Waals surface area (Å²) in [7, 11) is 0. The van der Waals surface area contributed by atoms with Gasteiger partial charge in [-0.3, -0.25) is 4.98 Å². The molecule has 10 rings (SSSR count). The van der Waals surface area contributed by atoms with Crippen molar-refractivity contribution in [2.75, 3.05) is 4.90 Å². The molecule has 0 spiro atoms. The summed E-state index contributed by atoms with van der Waals surface area (Å²) in [5.74, 6) is 0.973. The molecule has 0 fully saturated rings. The van der Waals surface area contributed by atoms with Gasteiger partial charge in [0.25, 0.3) is 0 Å². The Balaban J connectivity index is 1.08. The van der Waals surface area contributed by atoms with Crippen LogP contribution in [0.3, 0.4) is 0 Å². The highest BCUT2D eigenvalue weighted by molar-refractivity contribution is 6.09. The SMILES string of the molecule is C1=Cc2c(oc3c(-c4ccc(N(c5ccc(-c6cccc7c6oc6cnccc67)cc5)c5cccc6ccccc56)cc4)cccc23)CN1. The van der Waals surface area contributed by atoms with Crippen LogP contribution in [0.25, 0.3) is 72.0 Å². The number of pyridine rings is 1. The molecule has 1 N–H and O–H groups in total. The predicted octanol–water partition coefficient (Wildman–Crippen LogP) is 11.8. The Kier molecular flexibility index (Phi) is 6.18. The van der Waals surface area contributed by atoms with Crippen LogP contribution >= 0.6 is 0 Å². The van der Waals surface area contributed by atoms with Gasteiger partial charge in [-0.25, -0.2) is 0 Å². The molecule has 0 unspecified atom stereocenters. The molecule has 9 aromatic rings. The number of anilines is 3. The number of benzene rings is 6. The van der Waals surface area contributed by atoms with Crippen LogP contribution in [0, 0.1) is 0 Å². The van der Waals surface area contributed by atoms with Gasteiger partial charge >= 0.3 is 0 Å². The van der Waals surface area contributed by atoms with Crippen molar-refractivity contribution in [1.82, 2.24) is 10.3 Å². The van der Waals surface area contributed by atoms with E-state index in [1.807, 2.05) is 18.5 Å². The minimum Gasteiger partial charge on any atom is -0.458 e. The Labute approximate surface area is 282 Å². The number of fused-ring (bicyclic) bond motifs is 7. The lowest BCUT2D eigenvalue weighted by Crippen LogP contribution is -2.10. The molecule has 0 amide bonds. The van der Waals surface area contributed by atoms with Gasteiger partial charge in [0, 0.05) is 55.8 Å². The molecule has 0 aliphatic carbocycles. The summed E-state index contributed by atoms with van der Waals surface area (Å²) in [5.41, 5.74) is 11.3. The van der Waals surface area contributed by atoms with Crippen molar-refractivity contribution < 1.29 is 8.83 Å². The van der Waals surface area contributed by atoms with E-state index in [0.717, 1.165) is 83.5 Å². The number of rotatable bonds is 5. The highest BCUT2D eigenvalue weighted by atomic mass is 16.3. The normalized spacial score (nSPS) is 12.5. The second-order valence-electron chi connectivity index (χ2n) is 12.4. The van der Waals surface area contributed by atoms with Crippen LogP contribution in [0.2, 0.25) is 0 Å². The molecule has 4 heterocycles. The van der Waals surface area contributed by atoms with Crippen LogP contribution in [0.1, 0.15) is 11.3 Å². The lowest BCUT2D eigenvalue weighted by atomic mass is 10.00. The predicted molar refractivity (Wildman–Crippen MR) is 200 cm³/mol. The number of nitrogens with one attached hydrogen (secondary N) is 1. The zero-order chi connectivity index (χ0) is 32.3. The second kappa shape index (κ2) is 11.0. The number of aromatic nitrogens is 1. The van der Waals surface area contributed by atoms with Crippen LogP contribution < -0.4 is 10.2 Å². The third-order valence-corrected chi connectivity index (χ3v) is 9.64. The Morgan fingerprint density at radius 1 is 0.571 bits per heavy atom. The van der Waals surface area contributed by atoms with E-state index >= 15 is 0 Å². The van der Waals surface area contributed by atoms with Gasteiger partial charge in [0.1, 0.15) is 16.9 Å². The van der Waals surface area contributed by atoms with Crippen molar-refractivity contribution in [3.8, 4) is 22.3 Å². The van der Waals surface area contributed by atoms with Gasteiger partial charge in [0.05, 0.1) is 18.4 Å². The molecule has 0 saturated heterocycles. The first-order valence-corrected chi connectivity index (χ1v) is 16.5. The molecule has 0 atom stereocenters. The topological polar surface area (TPSA) is 54.4 Å². The maximum atomic E-state index is 6.40. The Morgan fingerprint density at radius 3 is 2.00 bits per heavy atom. The molecule has 49 heavy (non-hydrogen) atoms. The molecule has 1 aliphatic heterocycles. The van der Waals surface area contributed by atoms with E-state index in [1.54, 1.807) is 6.20 Å². The van der Waals surface area contributed by atoms with Crippen molar-refractivity contribution in [3.05, 3.63) is 163 Å². The average molecular weight is 632 g/mol. The van der Waals surface area contributed by atoms with Crippen molar-refractivity contribution in [2.24, 2.45) is 0 Å². The lowest BCUT2D eigenvalue weighted by molar-refractivity contribution is 0.533. The molecule has 0 bridgehead atoms. The third kappa shape index (κ3) is 4.44. The fraction of sp³-hybridized carbons (Fsp3) is 0.0227. The summed E-state index contributed by atoms with van der Waals surface area (Å²) in [6.45, 7) is 0.697. The van der Waals surface area contributed by atoms with Crippen LogP contribution in [-0.2, 0) is 6.54 Å². The number of hydrogen-bond acceptors (Lipinski definition) is 5. The number of furan rings is 2. The first-order chi connectivity index (χ1) is 24.3. The maximum Gasteiger partial charge on any atom is 0.153 e. The first kappa shape index (κ1) is 27.5. The van der Waals surface area contributed by atoms with Gasteiger partial charge in [-0.15, -0.1) is 0 Å². The summed E-state index contributed by atoms with van der Waals surface area (Å²) in [4.78, 5) is 6.60.